The van der Waals surface area contributed by atoms with E-state index in [1.165, 1.54) is 22.4 Å². The van der Waals surface area contributed by atoms with Gasteiger partial charge in [0.25, 0.3) is 5.91 Å². The van der Waals surface area contributed by atoms with Gasteiger partial charge in [-0.25, -0.2) is 4.98 Å². The van der Waals surface area contributed by atoms with E-state index in [2.05, 4.69) is 15.3 Å². The molecule has 2 amide bonds. The smallest absolute Gasteiger partial charge is 0.280 e. The third-order valence-electron chi connectivity index (χ3n) is 6.93. The van der Waals surface area contributed by atoms with Crippen LogP contribution < -0.4 is 5.32 Å². The summed E-state index contributed by atoms with van der Waals surface area (Å²) in [6, 6.07) is 2.27. The Hall–Kier alpha value is -2.87. The predicted molar refractivity (Wildman–Crippen MR) is 128 cm³/mol. The Balaban J connectivity index is 1.37. The number of fused-ring (bicyclic) bond motifs is 1. The van der Waals surface area contributed by atoms with E-state index in [4.69, 9.17) is 21.6 Å². The number of halogens is 1. The number of amides is 2. The minimum Gasteiger partial charge on any atom is -0.366 e. The van der Waals surface area contributed by atoms with Gasteiger partial charge in [0.2, 0.25) is 5.91 Å². The number of Topliss-reactive ketones (excluding diaryl/α,β-unsaturated/α-hetero) is 1. The predicted octanol–water partition coefficient (Wildman–Crippen LogP) is 2.54. The van der Waals surface area contributed by atoms with Crippen LogP contribution in [0.4, 0.5) is 0 Å². The normalized spacial score (nSPS) is 25.2. The molecule has 1 N–H and O–H groups in total. The van der Waals surface area contributed by atoms with Crippen molar-refractivity contribution in [2.24, 2.45) is 5.92 Å². The molecule has 0 spiro atoms. The van der Waals surface area contributed by atoms with E-state index < -0.39 is 29.5 Å². The van der Waals surface area contributed by atoms with Crippen molar-refractivity contribution in [1.29, 1.82) is 5.26 Å². The van der Waals surface area contributed by atoms with Crippen LogP contribution in [0.2, 0.25) is 0 Å². The van der Waals surface area contributed by atoms with E-state index in [1.807, 2.05) is 6.07 Å². The lowest BCUT2D eigenvalue weighted by atomic mass is 9.83. The number of aromatic nitrogens is 2. The van der Waals surface area contributed by atoms with Crippen molar-refractivity contribution in [3.63, 3.8) is 0 Å². The Labute approximate surface area is 211 Å². The zero-order valence-corrected chi connectivity index (χ0v) is 20.4. The van der Waals surface area contributed by atoms with Gasteiger partial charge in [0.15, 0.2) is 10.8 Å². The second-order valence-corrected chi connectivity index (χ2v) is 10.7. The van der Waals surface area contributed by atoms with Gasteiger partial charge >= 0.3 is 0 Å². The maximum atomic E-state index is 13.7. The number of hydrogen-bond acceptors (Lipinski definition) is 8. The fourth-order valence-corrected chi connectivity index (χ4v) is 6.36. The highest BCUT2D eigenvalue weighted by Gasteiger charge is 2.53. The number of ether oxygens (including phenoxy) is 1. The van der Waals surface area contributed by atoms with Crippen LogP contribution >= 0.6 is 22.9 Å². The summed E-state index contributed by atoms with van der Waals surface area (Å²) in [5, 5.41) is 11.8. The van der Waals surface area contributed by atoms with E-state index in [9.17, 15) is 14.4 Å². The number of nitriles is 1. The number of ketones is 1. The van der Waals surface area contributed by atoms with E-state index in [0.717, 1.165) is 32.1 Å². The van der Waals surface area contributed by atoms with Gasteiger partial charge in [0.05, 0.1) is 15.8 Å². The molecule has 1 aliphatic carbocycles. The zero-order valence-electron chi connectivity index (χ0n) is 18.9. The summed E-state index contributed by atoms with van der Waals surface area (Å²) in [6.07, 6.45) is 8.85. The average molecular weight is 514 g/mol. The second-order valence-electron chi connectivity index (χ2n) is 9.15. The highest BCUT2D eigenvalue weighted by molar-refractivity contribution is 7.17. The molecule has 3 fully saturated rings. The lowest BCUT2D eigenvalue weighted by molar-refractivity contribution is -0.139. The van der Waals surface area contributed by atoms with Gasteiger partial charge in [-0.05, 0) is 24.8 Å². The number of nitrogens with one attached hydrogen (secondary N) is 1. The van der Waals surface area contributed by atoms with Crippen LogP contribution in [0.3, 0.4) is 0 Å². The van der Waals surface area contributed by atoms with Crippen LogP contribution in [0.5, 0.6) is 0 Å². The van der Waals surface area contributed by atoms with Crippen LogP contribution in [-0.2, 0) is 14.3 Å². The summed E-state index contributed by atoms with van der Waals surface area (Å²) in [5.74, 6) is -0.911. The first-order valence-electron chi connectivity index (χ1n) is 11.7. The Morgan fingerprint density at radius 1 is 1.26 bits per heavy atom. The fourth-order valence-electron chi connectivity index (χ4n) is 5.20. The average Bonchev–Trinajstić information content (AvgIpc) is 3.61. The van der Waals surface area contributed by atoms with E-state index in [-0.39, 0.29) is 35.8 Å². The topological polar surface area (TPSA) is 125 Å². The molecule has 1 saturated carbocycles. The van der Waals surface area contributed by atoms with E-state index >= 15 is 0 Å². The van der Waals surface area contributed by atoms with Crippen LogP contribution in [0.1, 0.15) is 47.5 Å². The molecule has 2 aromatic heterocycles. The molecule has 2 aliphatic heterocycles. The Kier molecular flexibility index (Phi) is 6.82. The summed E-state index contributed by atoms with van der Waals surface area (Å²) in [5.41, 5.74) is 1.10. The van der Waals surface area contributed by atoms with E-state index in [1.54, 1.807) is 18.5 Å². The van der Waals surface area contributed by atoms with Crippen LogP contribution in [0.25, 0.3) is 10.4 Å². The highest BCUT2D eigenvalue weighted by atomic mass is 35.5. The van der Waals surface area contributed by atoms with Gasteiger partial charge in [-0.1, -0.05) is 19.3 Å². The van der Waals surface area contributed by atoms with Crippen LogP contribution in [0.15, 0.2) is 24.7 Å². The van der Waals surface area contributed by atoms with Crippen molar-refractivity contribution >= 4 is 40.5 Å². The van der Waals surface area contributed by atoms with Gasteiger partial charge in [0.1, 0.15) is 30.9 Å². The largest absolute Gasteiger partial charge is 0.366 e. The minimum absolute atomic E-state index is 0.0265. The molecule has 0 radical (unpaired) electrons. The quantitative estimate of drug-likeness (QED) is 0.609. The van der Waals surface area contributed by atoms with Crippen molar-refractivity contribution in [1.82, 2.24) is 20.2 Å². The molecule has 0 aromatic carbocycles. The minimum atomic E-state index is -0.769. The molecular formula is C24H24ClN5O4S. The van der Waals surface area contributed by atoms with Gasteiger partial charge in [-0.3, -0.25) is 19.4 Å². The van der Waals surface area contributed by atoms with Crippen molar-refractivity contribution in [2.45, 2.75) is 55.7 Å². The molecule has 2 saturated heterocycles. The van der Waals surface area contributed by atoms with Crippen molar-refractivity contribution in [3.05, 3.63) is 35.2 Å². The lowest BCUT2D eigenvalue weighted by Gasteiger charge is -2.34. The number of rotatable bonds is 5. The first-order chi connectivity index (χ1) is 17.0. The summed E-state index contributed by atoms with van der Waals surface area (Å²) < 4.78 is 5.52. The SMILES string of the molecule is N#Cc1cncc(-c2cnc(C(=O)N[C@H](C(=O)N3C[C@H](Cl)[C@H]4OCC(=O)[C@H]43)C3CCCCC3)s2)c1. The molecule has 4 atom stereocenters. The number of pyridine rings is 1. The fraction of sp³-hybridized carbons (Fsp3) is 0.500. The number of hydrogen-bond donors (Lipinski definition) is 1. The first kappa shape index (κ1) is 23.9. The monoisotopic (exact) mass is 513 g/mol. The molecule has 35 heavy (non-hydrogen) atoms. The first-order valence-corrected chi connectivity index (χ1v) is 12.9. The molecule has 182 valence electrons. The Morgan fingerprint density at radius 3 is 2.83 bits per heavy atom. The van der Waals surface area contributed by atoms with Crippen molar-refractivity contribution in [2.75, 3.05) is 13.2 Å². The summed E-state index contributed by atoms with van der Waals surface area (Å²) in [6.45, 7) is 0.163. The third-order valence-corrected chi connectivity index (χ3v) is 8.36. The van der Waals surface area contributed by atoms with Crippen molar-refractivity contribution < 1.29 is 19.1 Å². The molecule has 11 heteroatoms. The molecule has 5 rings (SSSR count). The summed E-state index contributed by atoms with van der Waals surface area (Å²) in [7, 11) is 0. The van der Waals surface area contributed by atoms with Gasteiger partial charge in [-0.2, -0.15) is 5.26 Å². The van der Waals surface area contributed by atoms with E-state index in [0.29, 0.717) is 16.0 Å². The highest BCUT2D eigenvalue weighted by Crippen LogP contribution is 2.34. The molecule has 2 aromatic rings. The lowest BCUT2D eigenvalue weighted by Crippen LogP contribution is -2.55. The Bertz CT molecular complexity index is 1190. The molecule has 0 unspecified atom stereocenters. The molecule has 4 heterocycles. The number of carbonyl (C=O) groups is 3. The van der Waals surface area contributed by atoms with Gasteiger partial charge < -0.3 is 15.0 Å². The third kappa shape index (κ3) is 4.68. The van der Waals surface area contributed by atoms with Crippen molar-refractivity contribution in [3.8, 4) is 16.5 Å². The maximum absolute atomic E-state index is 13.7. The van der Waals surface area contributed by atoms with Crippen LogP contribution in [0, 0.1) is 17.2 Å². The molecule has 9 nitrogen and oxygen atoms in total. The van der Waals surface area contributed by atoms with Crippen LogP contribution in [-0.4, -0.2) is 69.2 Å². The second kappa shape index (κ2) is 10.0. The zero-order chi connectivity index (χ0) is 24.5. The maximum Gasteiger partial charge on any atom is 0.280 e. The number of thiazole rings is 1. The summed E-state index contributed by atoms with van der Waals surface area (Å²) in [4.78, 5) is 49.9. The molecular weight excluding hydrogens is 490 g/mol. The number of carbonyl (C=O) groups excluding carboxylic acids is 3. The van der Waals surface area contributed by atoms with Gasteiger partial charge in [0, 0.05) is 30.7 Å². The summed E-state index contributed by atoms with van der Waals surface area (Å²) >= 11 is 7.57. The number of alkyl halides is 1. The van der Waals surface area contributed by atoms with Gasteiger partial charge in [-0.15, -0.1) is 22.9 Å². The number of likely N-dealkylation sites (tertiary alicyclic amines) is 1. The number of nitrogens with zero attached hydrogens (tertiary/aromatic N) is 4. The molecule has 0 bridgehead atoms. The standard InChI is InChI=1S/C24H24ClN5O4S/c25-16-11-30(20-17(31)12-34-21(16)20)24(33)19(14-4-2-1-3-5-14)29-22(32)23-28-10-18(35-23)15-6-13(7-26)8-27-9-15/h6,8-10,14,16,19-21H,1-5,11-12H2,(H,29,32)/t16-,19-,20+,21+/m0/s1. The molecule has 3 aliphatic rings. The Morgan fingerprint density at radius 2 is 2.06 bits per heavy atom.